The van der Waals surface area contributed by atoms with Crippen molar-refractivity contribution >= 4 is 5.91 Å². The molecule has 2 aromatic carbocycles. The van der Waals surface area contributed by atoms with E-state index in [0.717, 1.165) is 62.4 Å². The van der Waals surface area contributed by atoms with E-state index in [4.69, 9.17) is 9.47 Å². The number of amides is 1. The van der Waals surface area contributed by atoms with Crippen LogP contribution in [0, 0.1) is 11.8 Å². The van der Waals surface area contributed by atoms with E-state index in [0.29, 0.717) is 30.4 Å². The minimum absolute atomic E-state index is 0.0700. The van der Waals surface area contributed by atoms with Crippen LogP contribution < -0.4 is 14.8 Å². The summed E-state index contributed by atoms with van der Waals surface area (Å²) in [6.45, 7) is 3.10. The van der Waals surface area contributed by atoms with Crippen molar-refractivity contribution in [2.45, 2.75) is 75.2 Å². The molecule has 0 bridgehead atoms. The molecule has 1 spiro atoms. The van der Waals surface area contributed by atoms with Crippen molar-refractivity contribution in [2.24, 2.45) is 11.8 Å². The average Bonchev–Trinajstić information content (AvgIpc) is 3.30. The number of para-hydroxylation sites is 1. The van der Waals surface area contributed by atoms with Gasteiger partial charge in [-0.15, -0.1) is 0 Å². The summed E-state index contributed by atoms with van der Waals surface area (Å²) in [5.41, 5.74) is 2.35. The Morgan fingerprint density at radius 1 is 1.03 bits per heavy atom. The molecule has 6 rings (SSSR count). The van der Waals surface area contributed by atoms with E-state index in [1.54, 1.807) is 7.11 Å². The second kappa shape index (κ2) is 10.7. The van der Waals surface area contributed by atoms with Crippen LogP contribution in [0.5, 0.6) is 11.5 Å². The number of carbonyl (C=O) groups is 1. The van der Waals surface area contributed by atoms with E-state index in [1.807, 2.05) is 6.07 Å². The molecule has 1 amide bonds. The van der Waals surface area contributed by atoms with Gasteiger partial charge in [-0.2, -0.15) is 0 Å². The van der Waals surface area contributed by atoms with Crippen molar-refractivity contribution in [2.75, 3.05) is 33.4 Å². The van der Waals surface area contributed by atoms with E-state index in [9.17, 15) is 4.79 Å². The molecule has 1 N–H and O–H groups in total. The molecule has 5 heteroatoms. The fourth-order valence-corrected chi connectivity index (χ4v) is 8.01. The number of ether oxygens (including phenoxy) is 2. The quantitative estimate of drug-likeness (QED) is 0.584. The summed E-state index contributed by atoms with van der Waals surface area (Å²) in [6.07, 6.45) is 10.5. The SMILES string of the molecule is COc1cccc2c1OCCC[C@]21CNC[C@H]1C(=O)N1CC[C@@H](c2ccccc2)C[C@H]1C1CCCCC1. The van der Waals surface area contributed by atoms with Crippen LogP contribution in [0.3, 0.4) is 0 Å². The zero-order valence-electron chi connectivity index (χ0n) is 22.3. The largest absolute Gasteiger partial charge is 0.493 e. The van der Waals surface area contributed by atoms with E-state index in [-0.39, 0.29) is 11.3 Å². The molecule has 4 aliphatic rings. The lowest BCUT2D eigenvalue weighted by Crippen LogP contribution is -2.54. The number of rotatable bonds is 4. The van der Waals surface area contributed by atoms with E-state index < -0.39 is 0 Å². The Balaban J connectivity index is 1.32. The van der Waals surface area contributed by atoms with Crippen molar-refractivity contribution in [1.82, 2.24) is 10.2 Å². The highest BCUT2D eigenvalue weighted by atomic mass is 16.5. The minimum Gasteiger partial charge on any atom is -0.493 e. The highest BCUT2D eigenvalue weighted by Crippen LogP contribution is 2.50. The molecule has 5 nitrogen and oxygen atoms in total. The van der Waals surface area contributed by atoms with E-state index in [2.05, 4.69) is 52.7 Å². The lowest BCUT2D eigenvalue weighted by molar-refractivity contribution is -0.142. The number of hydrogen-bond donors (Lipinski definition) is 1. The van der Waals surface area contributed by atoms with Gasteiger partial charge in [-0.05, 0) is 62.0 Å². The minimum atomic E-state index is -0.245. The highest BCUT2D eigenvalue weighted by Gasteiger charge is 2.52. The van der Waals surface area contributed by atoms with Gasteiger partial charge in [-0.3, -0.25) is 4.79 Å². The maximum atomic E-state index is 14.7. The Bertz CT molecular complexity index is 1080. The van der Waals surface area contributed by atoms with Gasteiger partial charge >= 0.3 is 0 Å². The van der Waals surface area contributed by atoms with Crippen LogP contribution in [0.1, 0.15) is 74.8 Å². The first-order valence-corrected chi connectivity index (χ1v) is 14.6. The third-order valence-electron chi connectivity index (χ3n) is 9.90. The van der Waals surface area contributed by atoms with Gasteiger partial charge in [-0.25, -0.2) is 0 Å². The Morgan fingerprint density at radius 3 is 2.68 bits per heavy atom. The molecule has 4 atom stereocenters. The number of carbonyl (C=O) groups excluding carboxylic acids is 1. The number of fused-ring (bicyclic) bond motifs is 2. The molecule has 3 fully saturated rings. The summed E-state index contributed by atoms with van der Waals surface area (Å²) in [4.78, 5) is 17.0. The molecule has 3 heterocycles. The Kier molecular flexibility index (Phi) is 7.16. The Labute approximate surface area is 221 Å². The number of likely N-dealkylation sites (tertiary alicyclic amines) is 1. The third kappa shape index (κ3) is 4.54. The second-order valence-electron chi connectivity index (χ2n) is 11.8. The normalized spacial score (nSPS) is 30.4. The molecule has 0 radical (unpaired) electrons. The van der Waals surface area contributed by atoms with Gasteiger partial charge in [0.15, 0.2) is 11.5 Å². The average molecular weight is 503 g/mol. The number of methoxy groups -OCH3 is 1. The van der Waals surface area contributed by atoms with Crippen molar-refractivity contribution in [3.8, 4) is 11.5 Å². The second-order valence-corrected chi connectivity index (χ2v) is 11.8. The summed E-state index contributed by atoms with van der Waals surface area (Å²) >= 11 is 0. The summed E-state index contributed by atoms with van der Waals surface area (Å²) in [5, 5.41) is 3.64. The summed E-state index contributed by atoms with van der Waals surface area (Å²) in [7, 11) is 1.71. The monoisotopic (exact) mass is 502 g/mol. The van der Waals surface area contributed by atoms with Crippen molar-refractivity contribution in [3.63, 3.8) is 0 Å². The van der Waals surface area contributed by atoms with Crippen LogP contribution in [0.4, 0.5) is 0 Å². The van der Waals surface area contributed by atoms with Gasteiger partial charge in [0.1, 0.15) is 0 Å². The zero-order valence-corrected chi connectivity index (χ0v) is 22.3. The van der Waals surface area contributed by atoms with Crippen molar-refractivity contribution < 1.29 is 14.3 Å². The molecule has 0 aromatic heterocycles. The van der Waals surface area contributed by atoms with Crippen molar-refractivity contribution in [1.29, 1.82) is 0 Å². The topological polar surface area (TPSA) is 50.8 Å². The molecule has 2 aromatic rings. The standard InChI is InChI=1S/C32H42N2O3/c1-36-29-15-8-14-26-30(29)37-19-9-17-32(26)22-33-21-27(32)31(35)34-18-16-25(23-10-4-2-5-11-23)20-28(34)24-12-6-3-7-13-24/h2,4-5,8,10-11,14-15,24-25,27-28,33H,3,6-7,9,12-13,16-22H2,1H3/t25-,27+,28+,32+/m1/s1. The van der Waals surface area contributed by atoms with Gasteiger partial charge in [0.25, 0.3) is 0 Å². The third-order valence-corrected chi connectivity index (χ3v) is 9.90. The fraction of sp³-hybridized carbons (Fsp3) is 0.594. The molecule has 3 aliphatic heterocycles. The van der Waals surface area contributed by atoms with Crippen LogP contribution in [0.15, 0.2) is 48.5 Å². The lowest BCUT2D eigenvalue weighted by Gasteiger charge is -2.47. The predicted molar refractivity (Wildman–Crippen MR) is 146 cm³/mol. The molecular formula is C32H42N2O3. The Hall–Kier alpha value is -2.53. The highest BCUT2D eigenvalue weighted by molar-refractivity contribution is 5.82. The number of hydrogen-bond acceptors (Lipinski definition) is 4. The van der Waals surface area contributed by atoms with Gasteiger partial charge in [0, 0.05) is 36.7 Å². The van der Waals surface area contributed by atoms with Crippen LogP contribution >= 0.6 is 0 Å². The van der Waals surface area contributed by atoms with Gasteiger partial charge in [0.2, 0.25) is 5.91 Å². The van der Waals surface area contributed by atoms with E-state index in [1.165, 1.54) is 37.7 Å². The number of nitrogens with one attached hydrogen (secondary N) is 1. The van der Waals surface area contributed by atoms with E-state index >= 15 is 0 Å². The maximum absolute atomic E-state index is 14.7. The van der Waals surface area contributed by atoms with Crippen LogP contribution in [-0.4, -0.2) is 50.2 Å². The smallest absolute Gasteiger partial charge is 0.228 e. The molecule has 0 unspecified atom stereocenters. The lowest BCUT2D eigenvalue weighted by atomic mass is 9.68. The van der Waals surface area contributed by atoms with Crippen LogP contribution in [0.2, 0.25) is 0 Å². The summed E-state index contributed by atoms with van der Waals surface area (Å²) < 4.78 is 11.9. The molecular weight excluding hydrogens is 460 g/mol. The first kappa shape index (κ1) is 24.8. The number of benzene rings is 2. The fourth-order valence-electron chi connectivity index (χ4n) is 8.01. The maximum Gasteiger partial charge on any atom is 0.228 e. The predicted octanol–water partition coefficient (Wildman–Crippen LogP) is 5.68. The molecule has 1 aliphatic carbocycles. The van der Waals surface area contributed by atoms with Gasteiger partial charge < -0.3 is 19.7 Å². The van der Waals surface area contributed by atoms with Crippen LogP contribution in [-0.2, 0) is 10.2 Å². The summed E-state index contributed by atoms with van der Waals surface area (Å²) in [6, 6.07) is 17.6. The van der Waals surface area contributed by atoms with Crippen molar-refractivity contribution in [3.05, 3.63) is 59.7 Å². The summed E-state index contributed by atoms with van der Waals surface area (Å²) in [5.74, 6) is 3.09. The molecule has 198 valence electrons. The van der Waals surface area contributed by atoms with Gasteiger partial charge in [0.05, 0.1) is 19.6 Å². The first-order valence-electron chi connectivity index (χ1n) is 14.6. The van der Waals surface area contributed by atoms with Crippen LogP contribution in [0.25, 0.3) is 0 Å². The molecule has 2 saturated heterocycles. The Morgan fingerprint density at radius 2 is 1.86 bits per heavy atom. The van der Waals surface area contributed by atoms with Gasteiger partial charge in [-0.1, -0.05) is 61.7 Å². The molecule has 37 heavy (non-hydrogen) atoms. The number of nitrogens with zero attached hydrogens (tertiary/aromatic N) is 1. The molecule has 1 saturated carbocycles. The zero-order chi connectivity index (χ0) is 25.2. The number of piperidine rings is 1. The first-order chi connectivity index (χ1) is 18.2.